The van der Waals surface area contributed by atoms with Crippen molar-refractivity contribution >= 4 is 10.4 Å². The van der Waals surface area contributed by atoms with Crippen molar-refractivity contribution in [1.29, 1.82) is 0 Å². The van der Waals surface area contributed by atoms with Crippen molar-refractivity contribution in [2.75, 3.05) is 126 Å². The van der Waals surface area contributed by atoms with E-state index in [1.54, 1.807) is 0 Å². The minimum atomic E-state index is -4.67. The first-order chi connectivity index (χ1) is 21.6. The van der Waals surface area contributed by atoms with Crippen LogP contribution in [0.1, 0.15) is 71.1 Å². The first-order valence-electron chi connectivity index (χ1n) is 16.4. The van der Waals surface area contributed by atoms with E-state index >= 15 is 0 Å². The van der Waals surface area contributed by atoms with Gasteiger partial charge in [0.25, 0.3) is 0 Å². The van der Waals surface area contributed by atoms with Crippen LogP contribution in [0.4, 0.5) is 0 Å². The normalized spacial score (nSPS) is 11.7. The smallest absolute Gasteiger partial charge is 0.217 e. The zero-order chi connectivity index (χ0) is 32.1. The van der Waals surface area contributed by atoms with Crippen LogP contribution in [0.15, 0.2) is 0 Å². The summed E-state index contributed by atoms with van der Waals surface area (Å²) < 4.78 is 83.4. The van der Waals surface area contributed by atoms with Crippen LogP contribution in [-0.2, 0) is 57.2 Å². The number of ether oxygens (including phenoxy) is 9. The Hall–Kier alpha value is -0.530. The fraction of sp³-hybridized carbons (Fsp3) is 1.00. The molecule has 0 atom stereocenters. The molecule has 0 aromatic carbocycles. The molecule has 4 N–H and O–H groups in total. The van der Waals surface area contributed by atoms with Crippen molar-refractivity contribution in [2.24, 2.45) is 0 Å². The number of hydrogen-bond acceptors (Lipinski definition) is 13. The summed E-state index contributed by atoms with van der Waals surface area (Å²) in [5.41, 5.74) is 0. The number of rotatable bonds is 39. The molecule has 0 bridgehead atoms. The Bertz CT molecular complexity index is 647. The van der Waals surface area contributed by atoms with E-state index in [-0.39, 0.29) is 26.0 Å². The molecule has 0 heterocycles. The van der Waals surface area contributed by atoms with Crippen LogP contribution in [-0.4, -0.2) is 139 Å². The summed E-state index contributed by atoms with van der Waals surface area (Å²) in [5.74, 6) is 0. The van der Waals surface area contributed by atoms with Gasteiger partial charge in [-0.05, 0) is 6.42 Å². The first-order valence-corrected chi connectivity index (χ1v) is 17.7. The molecule has 0 unspecified atom stereocenters. The average Bonchev–Trinajstić information content (AvgIpc) is 3.00. The molecule has 15 heteroatoms. The summed E-state index contributed by atoms with van der Waals surface area (Å²) in [4.78, 5) is 0. The molecule has 0 aliphatic heterocycles. The lowest BCUT2D eigenvalue weighted by Gasteiger charge is -2.09. The van der Waals surface area contributed by atoms with Gasteiger partial charge in [-0.3, -0.25) is 4.18 Å². The highest BCUT2D eigenvalue weighted by Gasteiger charge is 1.98. The van der Waals surface area contributed by atoms with E-state index in [2.05, 4.69) is 11.1 Å². The molecule has 0 amide bonds. The second kappa shape index (κ2) is 39.6. The molecule has 0 spiro atoms. The lowest BCUT2D eigenvalue weighted by atomic mass is 10.1. The van der Waals surface area contributed by atoms with E-state index in [0.717, 1.165) is 13.0 Å². The largest absolute Gasteiger partial charge is 0.726 e. The molecular weight excluding hydrogens is 614 g/mol. The topological polar surface area (TPSA) is 186 Å². The quantitative estimate of drug-likeness (QED) is 0.0560. The number of unbranched alkanes of at least 4 members (excludes halogenated alkanes) is 9. The minimum Gasteiger partial charge on any atom is -0.726 e. The molecule has 14 nitrogen and oxygen atoms in total. The van der Waals surface area contributed by atoms with Gasteiger partial charge in [0.05, 0.1) is 119 Å². The highest BCUT2D eigenvalue weighted by molar-refractivity contribution is 7.80. The summed E-state index contributed by atoms with van der Waals surface area (Å²) in [7, 11) is -4.67. The SMILES string of the molecule is CCCCCCCCCCCCOCCOCCOCCOCCOCCOCCOCCOCCOCCOS(=O)(=O)[O-].[NH4+]. The Labute approximate surface area is 272 Å². The molecule has 0 radical (unpaired) electrons. The third-order valence-corrected chi connectivity index (χ3v) is 6.53. The van der Waals surface area contributed by atoms with Crippen LogP contribution >= 0.6 is 0 Å². The van der Waals surface area contributed by atoms with Crippen LogP contribution in [0.25, 0.3) is 0 Å². The number of hydrogen-bond donors (Lipinski definition) is 1. The van der Waals surface area contributed by atoms with Crippen molar-refractivity contribution in [3.8, 4) is 0 Å². The Morgan fingerprint density at radius 2 is 0.578 bits per heavy atom. The molecular formula is C30H65NO13S. The van der Waals surface area contributed by atoms with Gasteiger partial charge in [-0.25, -0.2) is 8.42 Å². The molecule has 0 aromatic heterocycles. The molecule has 274 valence electrons. The summed E-state index contributed by atoms with van der Waals surface area (Å²) >= 11 is 0. The molecule has 0 fully saturated rings. The van der Waals surface area contributed by atoms with Crippen LogP contribution in [0.2, 0.25) is 0 Å². The second-order valence-corrected chi connectivity index (χ2v) is 11.0. The molecule has 0 aliphatic carbocycles. The highest BCUT2D eigenvalue weighted by atomic mass is 32.3. The summed E-state index contributed by atoms with van der Waals surface area (Å²) in [6, 6.07) is 0. The van der Waals surface area contributed by atoms with Crippen molar-refractivity contribution in [3.63, 3.8) is 0 Å². The van der Waals surface area contributed by atoms with Gasteiger partial charge in [0.2, 0.25) is 10.4 Å². The minimum absolute atomic E-state index is 0. The molecule has 0 aromatic rings. The van der Waals surface area contributed by atoms with E-state index in [1.807, 2.05) is 0 Å². The summed E-state index contributed by atoms with van der Waals surface area (Å²) in [6.45, 7) is 10.4. The van der Waals surface area contributed by atoms with Gasteiger partial charge in [0, 0.05) is 6.61 Å². The molecule has 45 heavy (non-hydrogen) atoms. The Morgan fingerprint density at radius 1 is 0.356 bits per heavy atom. The van der Waals surface area contributed by atoms with Crippen molar-refractivity contribution in [1.82, 2.24) is 6.15 Å². The third kappa shape index (κ3) is 45.6. The Morgan fingerprint density at radius 3 is 0.844 bits per heavy atom. The highest BCUT2D eigenvalue weighted by Crippen LogP contribution is 2.10. The van der Waals surface area contributed by atoms with Crippen molar-refractivity contribution in [2.45, 2.75) is 71.1 Å². The lowest BCUT2D eigenvalue weighted by molar-refractivity contribution is -0.0254. The van der Waals surface area contributed by atoms with Crippen LogP contribution in [0.3, 0.4) is 0 Å². The second-order valence-electron chi connectivity index (χ2n) is 9.92. The average molecular weight is 680 g/mol. The molecule has 0 rings (SSSR count). The van der Waals surface area contributed by atoms with E-state index in [4.69, 9.17) is 42.6 Å². The van der Waals surface area contributed by atoms with E-state index in [0.29, 0.717) is 99.1 Å². The van der Waals surface area contributed by atoms with Crippen LogP contribution in [0.5, 0.6) is 0 Å². The van der Waals surface area contributed by atoms with Gasteiger partial charge in [-0.2, -0.15) is 0 Å². The molecule has 0 saturated carbocycles. The van der Waals surface area contributed by atoms with E-state index in [1.165, 1.54) is 57.8 Å². The zero-order valence-corrected chi connectivity index (χ0v) is 29.0. The van der Waals surface area contributed by atoms with Gasteiger partial charge in [-0.1, -0.05) is 64.7 Å². The summed E-state index contributed by atoms with van der Waals surface area (Å²) in [6.07, 6.45) is 13.3. The van der Waals surface area contributed by atoms with Gasteiger partial charge in [0.15, 0.2) is 0 Å². The standard InChI is InChI=1S/C30H62O13S.H3N/c1-2-3-4-5-6-7-8-9-10-11-12-34-13-14-35-15-16-36-17-18-37-19-20-38-21-22-39-23-24-40-25-26-41-27-28-42-29-30-43-44(31,32)33;/h2-30H2,1H3,(H,31,32,33);1H3. The zero-order valence-electron chi connectivity index (χ0n) is 28.2. The van der Waals surface area contributed by atoms with Crippen molar-refractivity contribution < 1.29 is 59.8 Å². The van der Waals surface area contributed by atoms with Crippen LogP contribution in [0, 0.1) is 0 Å². The monoisotopic (exact) mass is 679 g/mol. The first kappa shape index (κ1) is 46.6. The Kier molecular flexibility index (Phi) is 41.0. The van der Waals surface area contributed by atoms with E-state index < -0.39 is 10.4 Å². The third-order valence-electron chi connectivity index (χ3n) is 6.07. The summed E-state index contributed by atoms with van der Waals surface area (Å²) in [5, 5.41) is 0. The maximum absolute atomic E-state index is 10.2. The molecule has 0 saturated heterocycles. The number of quaternary nitrogens is 1. The predicted molar refractivity (Wildman–Crippen MR) is 171 cm³/mol. The fourth-order valence-corrected chi connectivity index (χ4v) is 4.02. The van der Waals surface area contributed by atoms with Crippen LogP contribution < -0.4 is 6.15 Å². The predicted octanol–water partition coefficient (Wildman–Crippen LogP) is 3.91. The van der Waals surface area contributed by atoms with Gasteiger partial charge < -0.3 is 53.3 Å². The van der Waals surface area contributed by atoms with Gasteiger partial charge in [-0.15, -0.1) is 0 Å². The fourth-order valence-electron chi connectivity index (χ4n) is 3.75. The van der Waals surface area contributed by atoms with Crippen molar-refractivity contribution in [3.05, 3.63) is 0 Å². The maximum atomic E-state index is 10.2. The van der Waals surface area contributed by atoms with Gasteiger partial charge in [0.1, 0.15) is 0 Å². The van der Waals surface area contributed by atoms with Gasteiger partial charge >= 0.3 is 0 Å². The maximum Gasteiger partial charge on any atom is 0.217 e. The molecule has 0 aliphatic rings. The van der Waals surface area contributed by atoms with E-state index in [9.17, 15) is 13.0 Å². The lowest BCUT2D eigenvalue weighted by Crippen LogP contribution is -2.15. The Balaban J connectivity index is 0.